The maximum absolute atomic E-state index is 9.90. The molecule has 26 valence electrons. The zero-order valence-corrected chi connectivity index (χ0v) is 3.29. The molecule has 0 spiro atoms. The van der Waals surface area contributed by atoms with Crippen LogP contribution in [0.4, 0.5) is 7.10 Å². The summed E-state index contributed by atoms with van der Waals surface area (Å²) in [5.74, 6) is 0. The van der Waals surface area contributed by atoms with Gasteiger partial charge in [-0.1, -0.05) is 0 Å². The van der Waals surface area contributed by atoms with Crippen molar-refractivity contribution in [3.05, 3.63) is 0 Å². The van der Waals surface area contributed by atoms with E-state index in [0.29, 0.717) is 0 Å². The fourth-order valence-corrected chi connectivity index (χ4v) is 0. The summed E-state index contributed by atoms with van der Waals surface area (Å²) in [6.07, 6.45) is 0. The van der Waals surface area contributed by atoms with Crippen molar-refractivity contribution in [2.24, 2.45) is 0 Å². The first-order chi connectivity index (χ1) is 1.73. The van der Waals surface area contributed by atoms with E-state index in [1.54, 1.807) is 0 Å². The molecule has 4 heavy (non-hydrogen) atoms. The van der Waals surface area contributed by atoms with Crippen LogP contribution in [0.3, 0.4) is 0 Å². The van der Waals surface area contributed by atoms with Crippen molar-refractivity contribution < 1.29 is 10.9 Å². The van der Waals surface area contributed by atoms with E-state index in [-0.39, 0.29) is 0 Å². The van der Waals surface area contributed by atoms with E-state index in [1.165, 1.54) is 0 Å². The van der Waals surface area contributed by atoms with Gasteiger partial charge in [0, 0.05) is 0 Å². The predicted molar refractivity (Wildman–Crippen MR) is 8.66 cm³/mol. The van der Waals surface area contributed by atoms with E-state index in [0.717, 1.165) is 0 Å². The Morgan fingerprint density at radius 3 is 1.50 bits per heavy atom. The molecule has 0 saturated heterocycles. The maximum atomic E-state index is 9.90. The van der Waals surface area contributed by atoms with Crippen molar-refractivity contribution in [3.8, 4) is 0 Å². The fourth-order valence-electron chi connectivity index (χ4n) is 0. The van der Waals surface area contributed by atoms with Gasteiger partial charge in [-0.25, -0.2) is 0 Å². The van der Waals surface area contributed by atoms with Crippen LogP contribution in [0, 0.1) is 0 Å². The summed E-state index contributed by atoms with van der Waals surface area (Å²) in [7, 11) is 0. The molecule has 0 aliphatic rings. The number of hydrogen-bond donors (Lipinski definition) is 0. The first kappa shape index (κ1) is 4.18. The van der Waals surface area contributed by atoms with Crippen molar-refractivity contribution in [2.75, 3.05) is 0 Å². The quantitative estimate of drug-likeness (QED) is 0.435. The summed E-state index contributed by atoms with van der Waals surface area (Å²) < 4.78 is 28.1. The van der Waals surface area contributed by atoms with Gasteiger partial charge in [-0.05, 0) is 0 Å². The normalized spacial score (nSPS) is 8.75. The van der Waals surface area contributed by atoms with Crippen LogP contribution in [0.15, 0.2) is 0 Å². The molecule has 0 bridgehead atoms. The zero-order chi connectivity index (χ0) is 3.58. The monoisotopic (exact) mass is 134 g/mol. The molecule has 0 fully saturated rings. The summed E-state index contributed by atoms with van der Waals surface area (Å²) in [5, 5.41) is 0. The van der Waals surface area contributed by atoms with Crippen molar-refractivity contribution in [3.63, 3.8) is 0 Å². The van der Waals surface area contributed by atoms with Gasteiger partial charge in [-0.15, -0.1) is 0 Å². The van der Waals surface area contributed by atoms with E-state index >= 15 is 0 Å². The molecule has 0 aromatic heterocycles. The molecule has 0 radical (unpaired) electrons. The van der Waals surface area contributed by atoms with E-state index in [2.05, 4.69) is 0 Å². The topological polar surface area (TPSA) is 17.1 Å². The summed E-state index contributed by atoms with van der Waals surface area (Å²) in [4.78, 5) is 0. The Morgan fingerprint density at radius 2 is 1.50 bits per heavy atom. The Hall–Kier alpha value is 0.179. The minimum absolute atomic E-state index is 4.29. The molecule has 0 rings (SSSR count). The Labute approximate surface area is 26.6 Å². The molecule has 0 saturated carbocycles. The zero-order valence-electron chi connectivity index (χ0n) is 1.57. The number of hydrogen-bond acceptors (Lipinski definition) is 1. The average Bonchev–Trinajstić information content (AvgIpc) is 0.811. The molecule has 0 aromatic carbocycles. The van der Waals surface area contributed by atoms with Gasteiger partial charge in [0.15, 0.2) is 0 Å². The van der Waals surface area contributed by atoms with Crippen LogP contribution < -0.4 is 0 Å². The SMILES string of the molecule is O=[Se](F)F. The van der Waals surface area contributed by atoms with E-state index in [1.807, 2.05) is 0 Å². The van der Waals surface area contributed by atoms with Gasteiger partial charge in [-0.2, -0.15) is 0 Å². The molecule has 4 heteroatoms. The van der Waals surface area contributed by atoms with E-state index in [4.69, 9.17) is 3.83 Å². The van der Waals surface area contributed by atoms with Crippen molar-refractivity contribution in [1.29, 1.82) is 0 Å². The van der Waals surface area contributed by atoms with Gasteiger partial charge in [-0.3, -0.25) is 0 Å². The van der Waals surface area contributed by atoms with Crippen LogP contribution in [0.1, 0.15) is 0 Å². The first-order valence-electron chi connectivity index (χ1n) is 0.475. The second kappa shape index (κ2) is 1.49. The summed E-state index contributed by atoms with van der Waals surface area (Å²) >= 11 is -4.29. The molecule has 0 unspecified atom stereocenters. The molecule has 1 nitrogen and oxygen atoms in total. The second-order valence-corrected chi connectivity index (χ2v) is 0.958. The fraction of sp³-hybridized carbons (Fsp3) is 0. The van der Waals surface area contributed by atoms with Gasteiger partial charge in [0.25, 0.3) is 0 Å². The molecule has 0 aliphatic heterocycles. The molecule has 0 heterocycles. The van der Waals surface area contributed by atoms with Crippen molar-refractivity contribution in [2.45, 2.75) is 0 Å². The molecule has 0 aromatic rings. The molecule has 0 atom stereocenters. The summed E-state index contributed by atoms with van der Waals surface area (Å²) in [6, 6.07) is 0. The van der Waals surface area contributed by atoms with Gasteiger partial charge in [0.1, 0.15) is 0 Å². The third-order valence-electron chi connectivity index (χ3n) is 0. The first-order valence-corrected chi connectivity index (χ1v) is 2.47. The van der Waals surface area contributed by atoms with E-state index < -0.39 is 14.7 Å². The van der Waals surface area contributed by atoms with Crippen molar-refractivity contribution >= 4 is 14.7 Å². The molecule has 0 amide bonds. The molecule has 0 aliphatic carbocycles. The van der Waals surface area contributed by atoms with Crippen LogP contribution in [0.2, 0.25) is 0 Å². The average molecular weight is 133 g/mol. The van der Waals surface area contributed by atoms with E-state index in [9.17, 15) is 7.10 Å². The van der Waals surface area contributed by atoms with Gasteiger partial charge in [0.05, 0.1) is 0 Å². The Balaban J connectivity index is 2.80. The molecular weight excluding hydrogens is 133 g/mol. The molecule has 0 N–H and O–H groups in total. The van der Waals surface area contributed by atoms with Crippen LogP contribution in [-0.4, -0.2) is 14.7 Å². The van der Waals surface area contributed by atoms with Crippen molar-refractivity contribution in [1.82, 2.24) is 0 Å². The Morgan fingerprint density at radius 1 is 1.50 bits per heavy atom. The van der Waals surface area contributed by atoms with Gasteiger partial charge in [0.2, 0.25) is 0 Å². The second-order valence-electron chi connectivity index (χ2n) is 0.184. The van der Waals surface area contributed by atoms with Crippen LogP contribution in [0.25, 0.3) is 0 Å². The van der Waals surface area contributed by atoms with Gasteiger partial charge < -0.3 is 0 Å². The van der Waals surface area contributed by atoms with Crippen LogP contribution in [0.5, 0.6) is 0 Å². The molecular formula is F2OSe. The summed E-state index contributed by atoms with van der Waals surface area (Å²) in [5.41, 5.74) is 0. The number of halogens is 2. The summed E-state index contributed by atoms with van der Waals surface area (Å²) in [6.45, 7) is 0. The standard InChI is InChI=1S/F2OSe/c1-4(2)3. The van der Waals surface area contributed by atoms with Crippen LogP contribution in [-0.2, 0) is 3.83 Å². The number of rotatable bonds is 0. The van der Waals surface area contributed by atoms with Gasteiger partial charge >= 0.3 is 25.7 Å². The third-order valence-corrected chi connectivity index (χ3v) is 0. The van der Waals surface area contributed by atoms with Crippen LogP contribution >= 0.6 is 0 Å². The minimum atomic E-state index is -4.29. The third kappa shape index (κ3) is 94.1. The predicted octanol–water partition coefficient (Wildman–Crippen LogP) is 0.341. The Bertz CT molecular complexity index is 29.0. The Kier molecular flexibility index (Phi) is 1.56.